The number of aromatic amines is 1. The van der Waals surface area contributed by atoms with E-state index in [2.05, 4.69) is 9.97 Å². The minimum absolute atomic E-state index is 0.0436. The van der Waals surface area contributed by atoms with Gasteiger partial charge in [0.15, 0.2) is 0 Å². The summed E-state index contributed by atoms with van der Waals surface area (Å²) in [7, 11) is 3.75. The van der Waals surface area contributed by atoms with Gasteiger partial charge in [-0.05, 0) is 39.5 Å². The molecule has 1 N–H and O–H groups in total. The van der Waals surface area contributed by atoms with E-state index in [9.17, 15) is 9.59 Å². The number of fused-ring (bicyclic) bond motifs is 2. The number of nitrogens with zero attached hydrogens (tertiary/aromatic N) is 4. The number of carbonyl (C=O) groups excluding carboxylic acids is 1. The van der Waals surface area contributed by atoms with Crippen LogP contribution < -0.4 is 10.5 Å². The van der Waals surface area contributed by atoms with Crippen LogP contribution in [0.15, 0.2) is 4.79 Å². The number of amides is 1. The normalized spacial score (nSPS) is 21.6. The van der Waals surface area contributed by atoms with Crippen molar-refractivity contribution in [2.75, 3.05) is 32.1 Å². The minimum atomic E-state index is -0.212. The second-order valence-electron chi connectivity index (χ2n) is 7.87. The van der Waals surface area contributed by atoms with Gasteiger partial charge in [0.1, 0.15) is 4.88 Å². The first kappa shape index (κ1) is 18.2. The summed E-state index contributed by atoms with van der Waals surface area (Å²) in [6.07, 6.45) is 3.49. The van der Waals surface area contributed by atoms with E-state index in [1.54, 1.807) is 0 Å². The molecule has 3 heterocycles. The first-order valence-corrected chi connectivity index (χ1v) is 10.2. The van der Waals surface area contributed by atoms with Crippen molar-refractivity contribution in [3.63, 3.8) is 0 Å². The highest BCUT2D eigenvalue weighted by Gasteiger charge is 2.46. The fourth-order valence-corrected chi connectivity index (χ4v) is 5.31. The number of hydrogen-bond donors (Lipinski definition) is 1. The number of aryl methyl sites for hydroxylation is 2. The summed E-state index contributed by atoms with van der Waals surface area (Å²) >= 11 is 1.46. The Hall–Kier alpha value is -2.22. The Morgan fingerprint density at radius 1 is 1.26 bits per heavy atom. The van der Waals surface area contributed by atoms with Crippen LogP contribution in [0.25, 0.3) is 0 Å². The van der Waals surface area contributed by atoms with E-state index >= 15 is 0 Å². The quantitative estimate of drug-likeness (QED) is 0.853. The van der Waals surface area contributed by atoms with Crippen LogP contribution in [-0.2, 0) is 11.8 Å². The zero-order valence-electron chi connectivity index (χ0n) is 16.3. The molecule has 144 valence electrons. The Kier molecular flexibility index (Phi) is 4.33. The van der Waals surface area contributed by atoms with Crippen LogP contribution >= 0.6 is 11.3 Å². The maximum absolute atomic E-state index is 13.1. The van der Waals surface area contributed by atoms with Crippen molar-refractivity contribution in [2.45, 2.75) is 44.9 Å². The summed E-state index contributed by atoms with van der Waals surface area (Å²) in [6, 6.07) is 0. The lowest BCUT2D eigenvalue weighted by molar-refractivity contribution is 0.0637. The predicted octanol–water partition coefficient (Wildman–Crippen LogP) is 2.03. The molecule has 0 saturated carbocycles. The molecule has 2 aromatic rings. The fraction of sp³-hybridized carbons (Fsp3) is 0.579. The van der Waals surface area contributed by atoms with Gasteiger partial charge in [0.25, 0.3) is 11.5 Å². The van der Waals surface area contributed by atoms with Crippen LogP contribution in [0, 0.1) is 13.8 Å². The molecular formula is C19H25N5O2S. The van der Waals surface area contributed by atoms with Gasteiger partial charge in [-0.3, -0.25) is 14.6 Å². The highest BCUT2D eigenvalue weighted by atomic mass is 32.1. The van der Waals surface area contributed by atoms with Crippen molar-refractivity contribution in [2.24, 2.45) is 0 Å². The summed E-state index contributed by atoms with van der Waals surface area (Å²) in [4.78, 5) is 42.2. The first-order chi connectivity index (χ1) is 12.8. The highest BCUT2D eigenvalue weighted by Crippen LogP contribution is 2.43. The van der Waals surface area contributed by atoms with E-state index in [0.29, 0.717) is 12.5 Å². The maximum Gasteiger partial charge on any atom is 0.265 e. The van der Waals surface area contributed by atoms with Crippen molar-refractivity contribution in [3.8, 4) is 0 Å². The van der Waals surface area contributed by atoms with Crippen molar-refractivity contribution in [1.29, 1.82) is 0 Å². The predicted molar refractivity (Wildman–Crippen MR) is 106 cm³/mol. The fourth-order valence-electron chi connectivity index (χ4n) is 4.43. The summed E-state index contributed by atoms with van der Waals surface area (Å²) in [5.74, 6) is 0.640. The van der Waals surface area contributed by atoms with Gasteiger partial charge in [-0.2, -0.15) is 0 Å². The molecule has 1 spiro atoms. The van der Waals surface area contributed by atoms with Crippen molar-refractivity contribution >= 4 is 23.2 Å². The SMILES string of the molecule is Cc1nc(C)c(C(=O)N2CCCC3(CCc4c3nc(N(C)C)[nH]c4=O)C2)s1. The number of thiazole rings is 1. The van der Waals surface area contributed by atoms with Gasteiger partial charge in [0.2, 0.25) is 5.95 Å². The van der Waals surface area contributed by atoms with Crippen molar-refractivity contribution < 1.29 is 4.79 Å². The Balaban J connectivity index is 1.69. The van der Waals surface area contributed by atoms with Crippen LogP contribution in [0.4, 0.5) is 5.95 Å². The lowest BCUT2D eigenvalue weighted by Gasteiger charge is -2.40. The number of rotatable bonds is 2. The third-order valence-electron chi connectivity index (χ3n) is 5.74. The molecule has 0 aromatic carbocycles. The molecule has 7 nitrogen and oxygen atoms in total. The molecule has 1 aliphatic carbocycles. The van der Waals surface area contributed by atoms with Crippen LogP contribution in [-0.4, -0.2) is 52.9 Å². The number of piperidine rings is 1. The molecule has 1 saturated heterocycles. The summed E-state index contributed by atoms with van der Waals surface area (Å²) in [6.45, 7) is 5.19. The Bertz CT molecular complexity index is 963. The molecule has 8 heteroatoms. The average molecular weight is 388 g/mol. The Morgan fingerprint density at radius 2 is 2.04 bits per heavy atom. The smallest absolute Gasteiger partial charge is 0.265 e. The largest absolute Gasteiger partial charge is 0.348 e. The lowest BCUT2D eigenvalue weighted by atomic mass is 9.77. The highest BCUT2D eigenvalue weighted by molar-refractivity contribution is 7.13. The molecule has 27 heavy (non-hydrogen) atoms. The zero-order chi connectivity index (χ0) is 19.3. The van der Waals surface area contributed by atoms with Crippen molar-refractivity contribution in [1.82, 2.24) is 19.9 Å². The molecule has 1 fully saturated rings. The second-order valence-corrected chi connectivity index (χ2v) is 9.07. The number of nitrogens with one attached hydrogen (secondary N) is 1. The van der Waals surface area contributed by atoms with E-state index in [0.717, 1.165) is 59.1 Å². The third kappa shape index (κ3) is 2.96. The maximum atomic E-state index is 13.1. The summed E-state index contributed by atoms with van der Waals surface area (Å²) in [5.41, 5.74) is 2.23. The van der Waals surface area contributed by atoms with E-state index in [1.807, 2.05) is 37.7 Å². The van der Waals surface area contributed by atoms with Gasteiger partial charge in [0, 0.05) is 38.2 Å². The number of likely N-dealkylation sites (tertiary alicyclic amines) is 1. The molecule has 4 rings (SSSR count). The summed E-state index contributed by atoms with van der Waals surface area (Å²) < 4.78 is 0. The van der Waals surface area contributed by atoms with E-state index in [1.165, 1.54) is 11.3 Å². The van der Waals surface area contributed by atoms with E-state index in [4.69, 9.17) is 4.98 Å². The molecule has 0 radical (unpaired) electrons. The van der Waals surface area contributed by atoms with E-state index < -0.39 is 0 Å². The molecule has 1 unspecified atom stereocenters. The van der Waals surface area contributed by atoms with Gasteiger partial charge in [-0.25, -0.2) is 9.97 Å². The standard InChI is InChI=1S/C19H25N5O2S/c1-11-14(27-12(2)20-11)17(26)24-9-5-7-19(10-24)8-6-13-15(19)21-18(23(3)4)22-16(13)25/h5-10H2,1-4H3,(H,21,22,25). The lowest BCUT2D eigenvalue weighted by Crippen LogP contribution is -2.48. The number of carbonyl (C=O) groups is 1. The van der Waals surface area contributed by atoms with Crippen LogP contribution in [0.2, 0.25) is 0 Å². The van der Waals surface area contributed by atoms with E-state index in [-0.39, 0.29) is 16.9 Å². The van der Waals surface area contributed by atoms with Gasteiger partial charge >= 0.3 is 0 Å². The van der Waals surface area contributed by atoms with Crippen molar-refractivity contribution in [3.05, 3.63) is 37.2 Å². The van der Waals surface area contributed by atoms with Gasteiger partial charge in [-0.1, -0.05) is 0 Å². The van der Waals surface area contributed by atoms with Gasteiger partial charge < -0.3 is 9.80 Å². The Morgan fingerprint density at radius 3 is 2.70 bits per heavy atom. The number of hydrogen-bond acceptors (Lipinski definition) is 6. The second kappa shape index (κ2) is 6.44. The minimum Gasteiger partial charge on any atom is -0.348 e. The summed E-state index contributed by atoms with van der Waals surface area (Å²) in [5, 5.41) is 0.914. The third-order valence-corrected chi connectivity index (χ3v) is 6.81. The van der Waals surface area contributed by atoms with Crippen LogP contribution in [0.3, 0.4) is 0 Å². The molecule has 0 bridgehead atoms. The zero-order valence-corrected chi connectivity index (χ0v) is 17.1. The number of aromatic nitrogens is 3. The molecule has 1 amide bonds. The monoisotopic (exact) mass is 387 g/mol. The Labute approximate surface area is 162 Å². The molecule has 2 aromatic heterocycles. The number of H-pyrrole nitrogens is 1. The number of anilines is 1. The molecule has 2 aliphatic rings. The topological polar surface area (TPSA) is 82.2 Å². The first-order valence-electron chi connectivity index (χ1n) is 9.35. The average Bonchev–Trinajstić information content (AvgIpc) is 3.15. The van der Waals surface area contributed by atoms with Gasteiger partial charge in [0.05, 0.1) is 16.4 Å². The molecule has 1 atom stereocenters. The molecular weight excluding hydrogens is 362 g/mol. The molecule has 1 aliphatic heterocycles. The van der Waals surface area contributed by atoms with Crippen LogP contribution in [0.1, 0.15) is 50.9 Å². The van der Waals surface area contributed by atoms with Gasteiger partial charge in [-0.15, -0.1) is 11.3 Å². The van der Waals surface area contributed by atoms with Crippen LogP contribution in [0.5, 0.6) is 0 Å².